The van der Waals surface area contributed by atoms with Crippen LogP contribution in [0, 0.1) is 17.8 Å². The van der Waals surface area contributed by atoms with E-state index in [-0.39, 0.29) is 42.1 Å². The molecule has 3 aliphatic heterocycles. The van der Waals surface area contributed by atoms with E-state index in [1.165, 1.54) is 32.1 Å². The predicted octanol–water partition coefficient (Wildman–Crippen LogP) is 6.38. The average molecular weight is 469 g/mol. The minimum Gasteiger partial charge on any atom is -0.462 e. The molecule has 0 amide bonds. The molecular weight excluding hydrogens is 420 g/mol. The van der Waals surface area contributed by atoms with Crippen LogP contribution >= 0.6 is 0 Å². The van der Waals surface area contributed by atoms with E-state index in [0.717, 1.165) is 32.1 Å². The zero-order chi connectivity index (χ0) is 24.8. The molecule has 0 aliphatic carbocycles. The molecule has 192 valence electrons. The van der Waals surface area contributed by atoms with Gasteiger partial charge in [0, 0.05) is 12.3 Å². The lowest BCUT2D eigenvalue weighted by Gasteiger charge is -2.11. The lowest BCUT2D eigenvalue weighted by molar-refractivity contribution is -0.144. The summed E-state index contributed by atoms with van der Waals surface area (Å²) in [5, 5.41) is 0. The Kier molecular flexibility index (Phi) is 14.4. The van der Waals surface area contributed by atoms with Crippen molar-refractivity contribution in [3.63, 3.8) is 0 Å². The van der Waals surface area contributed by atoms with E-state index in [1.54, 1.807) is 0 Å². The van der Waals surface area contributed by atoms with Crippen LogP contribution in [-0.4, -0.2) is 36.2 Å². The minimum absolute atomic E-state index is 0.00787. The fraction of sp³-hybridized carbons (Fsp3) is 0.889. The SMILES string of the molecule is CC(C)CC1CC(C)C(=O)O1.CCCCC1OC(=O)CC1C.CCCCCC1CCC(=O)O1. The van der Waals surface area contributed by atoms with Gasteiger partial charge in [-0.3, -0.25) is 14.4 Å². The highest BCUT2D eigenvalue weighted by molar-refractivity contribution is 5.74. The van der Waals surface area contributed by atoms with Crippen LogP contribution in [0.2, 0.25) is 0 Å². The number of ether oxygens (including phenoxy) is 3. The largest absolute Gasteiger partial charge is 0.462 e. The van der Waals surface area contributed by atoms with Gasteiger partial charge in [0.1, 0.15) is 18.3 Å². The number of hydrogen-bond acceptors (Lipinski definition) is 6. The molecule has 33 heavy (non-hydrogen) atoms. The maximum Gasteiger partial charge on any atom is 0.309 e. The third-order valence-electron chi connectivity index (χ3n) is 6.38. The number of carbonyl (C=O) groups excluding carboxylic acids is 3. The highest BCUT2D eigenvalue weighted by atomic mass is 16.6. The van der Waals surface area contributed by atoms with Crippen LogP contribution in [-0.2, 0) is 28.6 Å². The highest BCUT2D eigenvalue weighted by Crippen LogP contribution is 2.26. The van der Waals surface area contributed by atoms with Crippen molar-refractivity contribution in [3.8, 4) is 0 Å². The summed E-state index contributed by atoms with van der Waals surface area (Å²) >= 11 is 0. The Morgan fingerprint density at radius 3 is 2.00 bits per heavy atom. The zero-order valence-electron chi connectivity index (χ0n) is 21.9. The van der Waals surface area contributed by atoms with Crippen molar-refractivity contribution in [2.24, 2.45) is 17.8 Å². The molecule has 6 heteroatoms. The van der Waals surface area contributed by atoms with Gasteiger partial charge < -0.3 is 14.2 Å². The molecule has 0 aromatic rings. The average Bonchev–Trinajstić information content (AvgIpc) is 3.39. The number of unbranched alkanes of at least 4 members (excludes halogenated alkanes) is 3. The molecule has 0 N–H and O–H groups in total. The van der Waals surface area contributed by atoms with Gasteiger partial charge in [0.2, 0.25) is 0 Å². The summed E-state index contributed by atoms with van der Waals surface area (Å²) in [6.07, 6.45) is 12.9. The Morgan fingerprint density at radius 1 is 0.848 bits per heavy atom. The minimum atomic E-state index is -0.0179. The summed E-state index contributed by atoms with van der Waals surface area (Å²) in [5.74, 6) is 1.15. The molecule has 3 aliphatic rings. The van der Waals surface area contributed by atoms with E-state index < -0.39 is 0 Å². The van der Waals surface area contributed by atoms with Gasteiger partial charge in [0.15, 0.2) is 0 Å². The first-order valence-corrected chi connectivity index (χ1v) is 13.3. The van der Waals surface area contributed by atoms with Gasteiger partial charge in [-0.1, -0.05) is 67.2 Å². The van der Waals surface area contributed by atoms with Gasteiger partial charge in [0.25, 0.3) is 0 Å². The lowest BCUT2D eigenvalue weighted by Crippen LogP contribution is -2.12. The van der Waals surface area contributed by atoms with Crippen molar-refractivity contribution in [2.75, 3.05) is 0 Å². The van der Waals surface area contributed by atoms with Crippen LogP contribution in [0.25, 0.3) is 0 Å². The number of cyclic esters (lactones) is 3. The zero-order valence-corrected chi connectivity index (χ0v) is 21.9. The van der Waals surface area contributed by atoms with E-state index in [0.29, 0.717) is 24.7 Å². The smallest absolute Gasteiger partial charge is 0.309 e. The maximum atomic E-state index is 10.9. The van der Waals surface area contributed by atoms with Crippen molar-refractivity contribution < 1.29 is 28.6 Å². The van der Waals surface area contributed by atoms with Crippen LogP contribution in [0.1, 0.15) is 119 Å². The Morgan fingerprint density at radius 2 is 1.55 bits per heavy atom. The maximum absolute atomic E-state index is 10.9. The summed E-state index contributed by atoms with van der Waals surface area (Å²) in [7, 11) is 0. The van der Waals surface area contributed by atoms with Crippen LogP contribution < -0.4 is 0 Å². The van der Waals surface area contributed by atoms with E-state index >= 15 is 0 Å². The number of rotatable bonds is 9. The fourth-order valence-corrected chi connectivity index (χ4v) is 4.37. The fourth-order valence-electron chi connectivity index (χ4n) is 4.37. The standard InChI is InChI=1S/3C9H16O2/c1-6(2)4-8-5-7(3)9(10)11-8;1-3-4-5-8-7(2)6-9(10)11-8;1-2-3-4-5-8-6-7-9(10)11-8/h6-8H,4-5H2,1-3H3;7-8H,3-6H2,1-2H3;8H,2-7H2,1H3. The third-order valence-corrected chi connectivity index (χ3v) is 6.38. The first kappa shape index (κ1) is 29.4. The van der Waals surface area contributed by atoms with E-state index in [4.69, 9.17) is 14.2 Å². The van der Waals surface area contributed by atoms with Crippen molar-refractivity contribution in [2.45, 2.75) is 137 Å². The van der Waals surface area contributed by atoms with Crippen LogP contribution in [0.5, 0.6) is 0 Å². The van der Waals surface area contributed by atoms with Gasteiger partial charge in [-0.15, -0.1) is 0 Å². The van der Waals surface area contributed by atoms with Crippen molar-refractivity contribution in [3.05, 3.63) is 0 Å². The number of esters is 3. The summed E-state index contributed by atoms with van der Waals surface area (Å²) in [6, 6.07) is 0. The molecular formula is C27H48O6. The molecule has 3 rings (SSSR count). The first-order valence-electron chi connectivity index (χ1n) is 13.3. The van der Waals surface area contributed by atoms with Gasteiger partial charge in [-0.2, -0.15) is 0 Å². The van der Waals surface area contributed by atoms with Gasteiger partial charge in [-0.25, -0.2) is 0 Å². The van der Waals surface area contributed by atoms with Gasteiger partial charge in [0.05, 0.1) is 12.3 Å². The summed E-state index contributed by atoms with van der Waals surface area (Å²) in [4.78, 5) is 32.4. The molecule has 5 unspecified atom stereocenters. The molecule has 6 nitrogen and oxygen atoms in total. The monoisotopic (exact) mass is 468 g/mol. The Labute approximate surface area is 201 Å². The quantitative estimate of drug-likeness (QED) is 0.222. The molecule has 0 radical (unpaired) electrons. The van der Waals surface area contributed by atoms with Crippen molar-refractivity contribution >= 4 is 17.9 Å². The Bertz CT molecular complexity index is 587. The van der Waals surface area contributed by atoms with E-state index in [9.17, 15) is 14.4 Å². The molecule has 3 saturated heterocycles. The second kappa shape index (κ2) is 16.1. The number of hydrogen-bond donors (Lipinski definition) is 0. The normalized spacial score (nSPS) is 28.5. The third kappa shape index (κ3) is 12.4. The van der Waals surface area contributed by atoms with Crippen molar-refractivity contribution in [1.29, 1.82) is 0 Å². The Balaban J connectivity index is 0.000000247. The highest BCUT2D eigenvalue weighted by Gasteiger charge is 2.31. The van der Waals surface area contributed by atoms with Crippen molar-refractivity contribution in [1.82, 2.24) is 0 Å². The van der Waals surface area contributed by atoms with E-state index in [2.05, 4.69) is 34.6 Å². The predicted molar refractivity (Wildman–Crippen MR) is 130 cm³/mol. The molecule has 0 aromatic heterocycles. The molecule has 5 atom stereocenters. The lowest BCUT2D eigenvalue weighted by atomic mass is 9.99. The molecule has 0 saturated carbocycles. The molecule has 3 fully saturated rings. The van der Waals surface area contributed by atoms with Gasteiger partial charge in [-0.05, 0) is 44.4 Å². The van der Waals surface area contributed by atoms with Gasteiger partial charge >= 0.3 is 17.9 Å². The Hall–Kier alpha value is -1.59. The topological polar surface area (TPSA) is 78.9 Å². The molecule has 3 heterocycles. The second-order valence-electron chi connectivity index (χ2n) is 10.3. The summed E-state index contributed by atoms with van der Waals surface area (Å²) in [5.41, 5.74) is 0. The first-order chi connectivity index (χ1) is 15.7. The molecule has 0 aromatic carbocycles. The summed E-state index contributed by atoms with van der Waals surface area (Å²) in [6.45, 7) is 12.7. The molecule has 0 bridgehead atoms. The number of carbonyl (C=O) groups is 3. The molecule has 0 spiro atoms. The van der Waals surface area contributed by atoms with E-state index in [1.807, 2.05) is 6.92 Å². The van der Waals surface area contributed by atoms with Crippen LogP contribution in [0.3, 0.4) is 0 Å². The van der Waals surface area contributed by atoms with Crippen LogP contribution in [0.15, 0.2) is 0 Å². The summed E-state index contributed by atoms with van der Waals surface area (Å²) < 4.78 is 15.4. The second-order valence-corrected chi connectivity index (χ2v) is 10.3. The van der Waals surface area contributed by atoms with Crippen LogP contribution in [0.4, 0.5) is 0 Å².